The highest BCUT2D eigenvalue weighted by molar-refractivity contribution is 7.47. The second-order valence-electron chi connectivity index (χ2n) is 13.9. The Balaban J connectivity index is 4.53. The Bertz CT molecular complexity index is 1260. The van der Waals surface area contributed by atoms with Crippen LogP contribution in [0, 0.1) is 0 Å². The number of carbonyl (C=O) groups is 3. The Hall–Kier alpha value is -3.12. The number of allylic oxidation sites excluding steroid dienone is 10. The highest BCUT2D eigenvalue weighted by Gasteiger charge is 2.28. The first-order chi connectivity index (χ1) is 27.5. The number of nitrogens with two attached hydrogens (primary N) is 1. The molecule has 0 aromatic heterocycles. The number of phosphoric ester groups is 1. The summed E-state index contributed by atoms with van der Waals surface area (Å²) in [7, 11) is -4.74. The molecule has 0 rings (SSSR count). The van der Waals surface area contributed by atoms with E-state index < -0.39 is 63.8 Å². The van der Waals surface area contributed by atoms with Crippen molar-refractivity contribution in [2.75, 3.05) is 19.8 Å². The van der Waals surface area contributed by atoms with Gasteiger partial charge in [-0.05, 0) is 70.6 Å². The lowest BCUT2D eigenvalue weighted by atomic mass is 10.1. The van der Waals surface area contributed by atoms with Crippen molar-refractivity contribution in [3.8, 4) is 0 Å². The fourth-order valence-corrected chi connectivity index (χ4v) is 5.95. The third-order valence-corrected chi connectivity index (χ3v) is 9.46. The SMILES string of the molecule is CC/C=C\C(O)C/C=C/C=C\C/C=C\C/C=C\CCCC(=O)OC[C@H](COP(=O)(O)OC[C@H](N)C(=O)O)OC(=O)CCCCCCCCC/C=C\CCCCCC. The van der Waals surface area contributed by atoms with Gasteiger partial charge < -0.3 is 30.3 Å². The van der Waals surface area contributed by atoms with E-state index in [0.29, 0.717) is 25.7 Å². The summed E-state index contributed by atoms with van der Waals surface area (Å²) >= 11 is 0. The fraction of sp³-hybridized carbons (Fsp3) is 0.659. The third kappa shape index (κ3) is 38.2. The highest BCUT2D eigenvalue weighted by atomic mass is 31.2. The van der Waals surface area contributed by atoms with Gasteiger partial charge in [0, 0.05) is 12.8 Å². The van der Waals surface area contributed by atoms with Gasteiger partial charge in [0.05, 0.1) is 19.3 Å². The Kier molecular flexibility index (Phi) is 36.3. The normalized spacial score (nSPS) is 15.0. The minimum atomic E-state index is -4.74. The van der Waals surface area contributed by atoms with Crippen molar-refractivity contribution >= 4 is 25.7 Å². The van der Waals surface area contributed by atoms with Crippen molar-refractivity contribution in [2.45, 2.75) is 167 Å². The lowest BCUT2D eigenvalue weighted by molar-refractivity contribution is -0.161. The number of aliphatic hydroxyl groups excluding tert-OH is 1. The molecule has 13 heteroatoms. The number of carboxylic acid groups (broad SMARTS) is 1. The van der Waals surface area contributed by atoms with Crippen molar-refractivity contribution < 1.29 is 52.6 Å². The molecule has 5 N–H and O–H groups in total. The molecule has 0 heterocycles. The van der Waals surface area contributed by atoms with Gasteiger partial charge in [0.1, 0.15) is 12.6 Å². The number of hydrogen-bond donors (Lipinski definition) is 4. The zero-order valence-electron chi connectivity index (χ0n) is 34.8. The number of aliphatic carboxylic acids is 1. The van der Waals surface area contributed by atoms with Crippen LogP contribution in [0.15, 0.2) is 72.9 Å². The lowest BCUT2D eigenvalue weighted by Gasteiger charge is -2.20. The zero-order valence-corrected chi connectivity index (χ0v) is 35.7. The van der Waals surface area contributed by atoms with Gasteiger partial charge in [-0.15, -0.1) is 0 Å². The molecule has 0 fully saturated rings. The quantitative estimate of drug-likeness (QED) is 0.0152. The average molecular weight is 824 g/mol. The van der Waals surface area contributed by atoms with E-state index in [0.717, 1.165) is 51.4 Å². The van der Waals surface area contributed by atoms with E-state index in [4.69, 9.17) is 24.8 Å². The predicted octanol–water partition coefficient (Wildman–Crippen LogP) is 9.92. The molecule has 326 valence electrons. The molecule has 57 heavy (non-hydrogen) atoms. The number of phosphoric acid groups is 1. The van der Waals surface area contributed by atoms with Crippen LogP contribution >= 0.6 is 7.82 Å². The van der Waals surface area contributed by atoms with E-state index in [1.807, 2.05) is 49.5 Å². The maximum Gasteiger partial charge on any atom is 0.472 e. The summed E-state index contributed by atoms with van der Waals surface area (Å²) < 4.78 is 32.6. The van der Waals surface area contributed by atoms with E-state index in [9.17, 15) is 28.9 Å². The number of hydrogen-bond acceptors (Lipinski definition) is 10. The maximum atomic E-state index is 12.6. The Morgan fingerprint density at radius 2 is 1.19 bits per heavy atom. The molecule has 0 aliphatic rings. The van der Waals surface area contributed by atoms with Crippen LogP contribution in [0.2, 0.25) is 0 Å². The van der Waals surface area contributed by atoms with Crippen LogP contribution in [-0.2, 0) is 37.5 Å². The van der Waals surface area contributed by atoms with E-state index >= 15 is 0 Å². The van der Waals surface area contributed by atoms with Crippen LogP contribution in [0.3, 0.4) is 0 Å². The van der Waals surface area contributed by atoms with Crippen molar-refractivity contribution in [1.82, 2.24) is 0 Å². The molecule has 0 aliphatic carbocycles. The third-order valence-electron chi connectivity index (χ3n) is 8.51. The van der Waals surface area contributed by atoms with Crippen molar-refractivity contribution in [3.05, 3.63) is 72.9 Å². The summed E-state index contributed by atoms with van der Waals surface area (Å²) in [5.41, 5.74) is 5.32. The summed E-state index contributed by atoms with van der Waals surface area (Å²) in [6.07, 6.45) is 41.7. The summed E-state index contributed by atoms with van der Waals surface area (Å²) in [6.45, 7) is 2.47. The van der Waals surface area contributed by atoms with Gasteiger partial charge in [-0.25, -0.2) is 4.57 Å². The molecular weight excluding hydrogens is 749 g/mol. The first kappa shape index (κ1) is 53.9. The molecule has 2 unspecified atom stereocenters. The van der Waals surface area contributed by atoms with Gasteiger partial charge >= 0.3 is 25.7 Å². The predicted molar refractivity (Wildman–Crippen MR) is 227 cm³/mol. The molecular formula is C44H74NO11P. The standard InChI is InChI=1S/C44H74NO11P/c1-3-5-7-8-9-10-11-12-13-14-19-22-25-28-31-35-43(48)56-40(37-54-57(51,52)55-38-41(45)44(49)50)36-53-42(47)34-30-27-24-21-18-16-15-17-20-23-26-29-33-39(46)32-6-4-2/h6,10-11,15-16,20-21,23-24,26,29,32,39-41,46H,3-5,7-9,12-14,17-19,22,25,27-28,30-31,33-38,45H2,1-2H3,(H,49,50)(H,51,52)/b11-10-,16-15-,23-20-,24-21-,29-26+,32-6-/t39?,40-,41+/m1/s1. The number of carbonyl (C=O) groups excluding carboxylic acids is 2. The Morgan fingerprint density at radius 3 is 1.86 bits per heavy atom. The second kappa shape index (κ2) is 38.4. The average Bonchev–Trinajstić information content (AvgIpc) is 3.18. The van der Waals surface area contributed by atoms with Crippen LogP contribution in [0.1, 0.15) is 149 Å². The smallest absolute Gasteiger partial charge is 0.472 e. The van der Waals surface area contributed by atoms with E-state index in [1.54, 1.807) is 6.08 Å². The lowest BCUT2D eigenvalue weighted by Crippen LogP contribution is -2.34. The molecule has 12 nitrogen and oxygen atoms in total. The van der Waals surface area contributed by atoms with Crippen molar-refractivity contribution in [1.29, 1.82) is 0 Å². The van der Waals surface area contributed by atoms with Crippen molar-refractivity contribution in [2.24, 2.45) is 5.73 Å². The van der Waals surface area contributed by atoms with E-state index in [-0.39, 0.29) is 12.8 Å². The number of rotatable bonds is 38. The maximum absolute atomic E-state index is 12.6. The number of unbranched alkanes of at least 4 members (excludes halogenated alkanes) is 12. The fourth-order valence-electron chi connectivity index (χ4n) is 5.17. The number of carboxylic acids is 1. The molecule has 0 spiro atoms. The molecule has 4 atom stereocenters. The number of aliphatic hydroxyl groups is 1. The van der Waals surface area contributed by atoms with Crippen LogP contribution in [0.5, 0.6) is 0 Å². The first-order valence-electron chi connectivity index (χ1n) is 21.1. The van der Waals surface area contributed by atoms with E-state index in [1.165, 1.54) is 44.9 Å². The van der Waals surface area contributed by atoms with Crippen LogP contribution in [0.4, 0.5) is 0 Å². The summed E-state index contributed by atoms with van der Waals surface area (Å²) in [5.74, 6) is -2.50. The van der Waals surface area contributed by atoms with Gasteiger partial charge in [-0.1, -0.05) is 138 Å². The van der Waals surface area contributed by atoms with Crippen molar-refractivity contribution in [3.63, 3.8) is 0 Å². The number of esters is 2. The Morgan fingerprint density at radius 1 is 0.649 bits per heavy atom. The van der Waals surface area contributed by atoms with Crippen LogP contribution < -0.4 is 5.73 Å². The molecule has 0 aromatic carbocycles. The molecule has 0 saturated heterocycles. The molecule has 0 radical (unpaired) electrons. The minimum absolute atomic E-state index is 0.121. The van der Waals surface area contributed by atoms with E-state index in [2.05, 4.69) is 35.8 Å². The van der Waals surface area contributed by atoms with Gasteiger partial charge in [0.15, 0.2) is 6.10 Å². The molecule has 0 bridgehead atoms. The molecule has 0 aromatic rings. The molecule has 0 aliphatic heterocycles. The largest absolute Gasteiger partial charge is 0.480 e. The summed E-state index contributed by atoms with van der Waals surface area (Å²) in [5, 5.41) is 18.6. The molecule has 0 saturated carbocycles. The monoisotopic (exact) mass is 823 g/mol. The number of ether oxygens (including phenoxy) is 2. The Labute approximate surface area is 343 Å². The summed E-state index contributed by atoms with van der Waals surface area (Å²) in [6, 6.07) is -1.54. The molecule has 0 amide bonds. The zero-order chi connectivity index (χ0) is 42.2. The highest BCUT2D eigenvalue weighted by Crippen LogP contribution is 2.43. The van der Waals surface area contributed by atoms with Gasteiger partial charge in [0.25, 0.3) is 0 Å². The second-order valence-corrected chi connectivity index (χ2v) is 15.4. The van der Waals surface area contributed by atoms with Gasteiger partial charge in [-0.2, -0.15) is 0 Å². The van der Waals surface area contributed by atoms with Crippen LogP contribution in [0.25, 0.3) is 0 Å². The van der Waals surface area contributed by atoms with Crippen LogP contribution in [-0.4, -0.2) is 71.1 Å². The topological polar surface area (TPSA) is 192 Å². The van der Waals surface area contributed by atoms with Gasteiger partial charge in [-0.3, -0.25) is 23.4 Å². The minimum Gasteiger partial charge on any atom is -0.480 e. The van der Waals surface area contributed by atoms with Gasteiger partial charge in [0.2, 0.25) is 0 Å². The summed E-state index contributed by atoms with van der Waals surface area (Å²) in [4.78, 5) is 45.9. The first-order valence-corrected chi connectivity index (χ1v) is 22.6.